The summed E-state index contributed by atoms with van der Waals surface area (Å²) in [4.78, 5) is 0. The van der Waals surface area contributed by atoms with Gasteiger partial charge in [0, 0.05) is 18.0 Å². The van der Waals surface area contributed by atoms with Crippen molar-refractivity contribution in [2.24, 2.45) is 0 Å². The normalized spacial score (nSPS) is 27.6. The fraction of sp³-hybridized carbons (Fsp3) is 0.625. The summed E-state index contributed by atoms with van der Waals surface area (Å²) in [5, 5.41) is 13.7. The van der Waals surface area contributed by atoms with Gasteiger partial charge in [0.2, 0.25) is 0 Å². The van der Waals surface area contributed by atoms with Crippen molar-refractivity contribution >= 4 is 0 Å². The van der Waals surface area contributed by atoms with E-state index < -0.39 is 0 Å². The highest BCUT2D eigenvalue weighted by Crippen LogP contribution is 2.37. The molecule has 2 aliphatic rings. The van der Waals surface area contributed by atoms with Crippen LogP contribution in [-0.2, 0) is 5.54 Å². The molecule has 1 unspecified atom stereocenters. The summed E-state index contributed by atoms with van der Waals surface area (Å²) >= 11 is 0. The molecule has 3 rings (SSSR count). The molecule has 1 fully saturated rings. The number of rotatable bonds is 3. The minimum Gasteiger partial charge on any atom is -0.493 e. The highest BCUT2D eigenvalue weighted by atomic mass is 16.5. The number of hydrogen-bond donors (Lipinski definition) is 2. The zero-order valence-electron chi connectivity index (χ0n) is 11.4. The number of hydrogen-bond acceptors (Lipinski definition) is 3. The van der Waals surface area contributed by atoms with E-state index in [1.165, 1.54) is 32.1 Å². The molecule has 0 aromatic heterocycles. The first-order valence-electron chi connectivity index (χ1n) is 7.45. The van der Waals surface area contributed by atoms with Gasteiger partial charge in [-0.05, 0) is 18.9 Å². The van der Waals surface area contributed by atoms with E-state index in [4.69, 9.17) is 4.74 Å². The SMILES string of the molecule is OCC1(NC2CCCCC2)CCOc2ccccc21. The highest BCUT2D eigenvalue weighted by Gasteiger charge is 2.38. The zero-order valence-corrected chi connectivity index (χ0v) is 11.4. The van der Waals surface area contributed by atoms with E-state index >= 15 is 0 Å². The van der Waals surface area contributed by atoms with Gasteiger partial charge in [-0.1, -0.05) is 37.5 Å². The molecule has 1 aliphatic carbocycles. The summed E-state index contributed by atoms with van der Waals surface area (Å²) in [6.07, 6.45) is 7.26. The smallest absolute Gasteiger partial charge is 0.124 e. The van der Waals surface area contributed by atoms with E-state index in [-0.39, 0.29) is 12.1 Å². The van der Waals surface area contributed by atoms with Crippen LogP contribution in [-0.4, -0.2) is 24.4 Å². The summed E-state index contributed by atoms with van der Waals surface area (Å²) in [6.45, 7) is 0.821. The van der Waals surface area contributed by atoms with Crippen molar-refractivity contribution in [1.82, 2.24) is 5.32 Å². The molecule has 1 atom stereocenters. The van der Waals surface area contributed by atoms with Gasteiger partial charge in [0.15, 0.2) is 0 Å². The van der Waals surface area contributed by atoms with E-state index in [0.29, 0.717) is 12.6 Å². The number of para-hydroxylation sites is 1. The van der Waals surface area contributed by atoms with Crippen LogP contribution in [0.15, 0.2) is 24.3 Å². The molecule has 2 N–H and O–H groups in total. The lowest BCUT2D eigenvalue weighted by Crippen LogP contribution is -2.53. The summed E-state index contributed by atoms with van der Waals surface area (Å²) in [5.74, 6) is 0.922. The molecule has 1 heterocycles. The highest BCUT2D eigenvalue weighted by molar-refractivity contribution is 5.41. The molecule has 3 heteroatoms. The van der Waals surface area contributed by atoms with Gasteiger partial charge in [-0.15, -0.1) is 0 Å². The fourth-order valence-electron chi connectivity index (χ4n) is 3.46. The van der Waals surface area contributed by atoms with E-state index in [1.807, 2.05) is 18.2 Å². The Morgan fingerprint density at radius 3 is 2.79 bits per heavy atom. The third kappa shape index (κ3) is 2.49. The minimum absolute atomic E-state index is 0.143. The van der Waals surface area contributed by atoms with Gasteiger partial charge < -0.3 is 15.2 Å². The van der Waals surface area contributed by atoms with Crippen molar-refractivity contribution in [3.8, 4) is 5.75 Å². The lowest BCUT2D eigenvalue weighted by Gasteiger charge is -2.42. The molecule has 3 nitrogen and oxygen atoms in total. The van der Waals surface area contributed by atoms with Crippen LogP contribution in [0, 0.1) is 0 Å². The van der Waals surface area contributed by atoms with Crippen LogP contribution in [0.5, 0.6) is 5.75 Å². The van der Waals surface area contributed by atoms with Gasteiger partial charge in [-0.2, -0.15) is 0 Å². The Bertz CT molecular complexity index is 429. The molecule has 104 valence electrons. The molecule has 0 saturated heterocycles. The number of benzene rings is 1. The van der Waals surface area contributed by atoms with Crippen LogP contribution in [0.1, 0.15) is 44.1 Å². The molecule has 0 radical (unpaired) electrons. The van der Waals surface area contributed by atoms with Gasteiger partial charge >= 0.3 is 0 Å². The standard InChI is InChI=1S/C16H23NO2/c18-12-16(17-13-6-2-1-3-7-13)10-11-19-15-9-5-4-8-14(15)16/h4-5,8-9,13,17-18H,1-3,6-7,10-12H2. The predicted octanol–water partition coefficient (Wildman–Crippen LogP) is 2.58. The Morgan fingerprint density at radius 1 is 1.21 bits per heavy atom. The van der Waals surface area contributed by atoms with Crippen LogP contribution in [0.4, 0.5) is 0 Å². The molecule has 1 aromatic rings. The molecule has 1 aliphatic heterocycles. The van der Waals surface area contributed by atoms with Crippen molar-refractivity contribution in [3.63, 3.8) is 0 Å². The monoisotopic (exact) mass is 261 g/mol. The molecule has 1 saturated carbocycles. The summed E-state index contributed by atoms with van der Waals surface area (Å²) < 4.78 is 5.72. The van der Waals surface area contributed by atoms with Gasteiger partial charge in [-0.3, -0.25) is 0 Å². The van der Waals surface area contributed by atoms with Gasteiger partial charge in [0.05, 0.1) is 18.8 Å². The third-order valence-corrected chi connectivity index (χ3v) is 4.54. The Hall–Kier alpha value is -1.06. The maximum atomic E-state index is 10.0. The summed E-state index contributed by atoms with van der Waals surface area (Å²) in [7, 11) is 0. The van der Waals surface area contributed by atoms with Crippen LogP contribution in [0.2, 0.25) is 0 Å². The lowest BCUT2D eigenvalue weighted by molar-refractivity contribution is 0.0901. The second-order valence-corrected chi connectivity index (χ2v) is 5.81. The first-order valence-corrected chi connectivity index (χ1v) is 7.45. The van der Waals surface area contributed by atoms with Crippen molar-refractivity contribution in [1.29, 1.82) is 0 Å². The van der Waals surface area contributed by atoms with Crippen molar-refractivity contribution in [3.05, 3.63) is 29.8 Å². The second kappa shape index (κ2) is 5.51. The number of aliphatic hydroxyl groups is 1. The van der Waals surface area contributed by atoms with Crippen molar-refractivity contribution in [2.75, 3.05) is 13.2 Å². The number of fused-ring (bicyclic) bond motifs is 1. The maximum Gasteiger partial charge on any atom is 0.124 e. The van der Waals surface area contributed by atoms with E-state index in [2.05, 4.69) is 11.4 Å². The Balaban J connectivity index is 1.86. The predicted molar refractivity (Wildman–Crippen MR) is 75.3 cm³/mol. The number of aliphatic hydroxyl groups excluding tert-OH is 1. The van der Waals surface area contributed by atoms with Crippen LogP contribution in [0.25, 0.3) is 0 Å². The van der Waals surface area contributed by atoms with E-state index in [0.717, 1.165) is 17.7 Å². The fourth-order valence-corrected chi connectivity index (χ4v) is 3.46. The molecule has 0 spiro atoms. The van der Waals surface area contributed by atoms with E-state index in [1.54, 1.807) is 0 Å². The van der Waals surface area contributed by atoms with Crippen LogP contribution in [0.3, 0.4) is 0 Å². The average Bonchev–Trinajstić information content (AvgIpc) is 2.49. The number of nitrogens with one attached hydrogen (secondary N) is 1. The van der Waals surface area contributed by atoms with Gasteiger partial charge in [0.1, 0.15) is 5.75 Å². The number of ether oxygens (including phenoxy) is 1. The zero-order chi connectivity index (χ0) is 13.1. The summed E-state index contributed by atoms with van der Waals surface area (Å²) in [6, 6.07) is 8.64. The quantitative estimate of drug-likeness (QED) is 0.878. The molecular weight excluding hydrogens is 238 g/mol. The van der Waals surface area contributed by atoms with Crippen molar-refractivity contribution in [2.45, 2.75) is 50.1 Å². The molecule has 1 aromatic carbocycles. The van der Waals surface area contributed by atoms with Gasteiger partial charge in [0.25, 0.3) is 0 Å². The Morgan fingerprint density at radius 2 is 2.00 bits per heavy atom. The average molecular weight is 261 g/mol. The lowest BCUT2D eigenvalue weighted by atomic mass is 9.82. The molecule has 0 amide bonds. The molecule has 0 bridgehead atoms. The van der Waals surface area contributed by atoms with Crippen LogP contribution < -0.4 is 10.1 Å². The summed E-state index contributed by atoms with van der Waals surface area (Å²) in [5.41, 5.74) is 0.811. The third-order valence-electron chi connectivity index (χ3n) is 4.54. The minimum atomic E-state index is -0.309. The Labute approximate surface area is 115 Å². The largest absolute Gasteiger partial charge is 0.493 e. The first-order chi connectivity index (χ1) is 9.34. The van der Waals surface area contributed by atoms with Crippen LogP contribution >= 0.6 is 0 Å². The molecule has 19 heavy (non-hydrogen) atoms. The Kier molecular flexibility index (Phi) is 3.76. The van der Waals surface area contributed by atoms with E-state index in [9.17, 15) is 5.11 Å². The molecular formula is C16H23NO2. The maximum absolute atomic E-state index is 10.0. The van der Waals surface area contributed by atoms with Gasteiger partial charge in [-0.25, -0.2) is 0 Å². The topological polar surface area (TPSA) is 41.5 Å². The first kappa shape index (κ1) is 12.9. The second-order valence-electron chi connectivity index (χ2n) is 5.81. The van der Waals surface area contributed by atoms with Crippen molar-refractivity contribution < 1.29 is 9.84 Å².